The Kier molecular flexibility index (Phi) is 3.82. The average Bonchev–Trinajstić information content (AvgIpc) is 2.79. The van der Waals surface area contributed by atoms with E-state index in [0.29, 0.717) is 11.7 Å². The maximum absolute atomic E-state index is 5.35. The van der Waals surface area contributed by atoms with Crippen LogP contribution >= 0.6 is 15.9 Å². The van der Waals surface area contributed by atoms with Crippen LogP contribution in [-0.2, 0) is 5.54 Å². The van der Waals surface area contributed by atoms with E-state index in [9.17, 15) is 0 Å². The van der Waals surface area contributed by atoms with Gasteiger partial charge in [0, 0.05) is 10.0 Å². The number of benzene rings is 1. The van der Waals surface area contributed by atoms with Crippen molar-refractivity contribution in [2.24, 2.45) is 0 Å². The SMILES string of the molecule is CCNC(C)(C)c1nc(-c2ccccc2Br)no1. The van der Waals surface area contributed by atoms with Gasteiger partial charge < -0.3 is 9.84 Å². The third-order valence-electron chi connectivity index (χ3n) is 2.69. The molecular weight excluding hydrogens is 294 g/mol. The first kappa shape index (κ1) is 13.2. The summed E-state index contributed by atoms with van der Waals surface area (Å²) in [5, 5.41) is 7.35. The highest BCUT2D eigenvalue weighted by Crippen LogP contribution is 2.27. The normalized spacial score (nSPS) is 11.8. The van der Waals surface area contributed by atoms with Crippen LogP contribution in [0.3, 0.4) is 0 Å². The minimum Gasteiger partial charge on any atom is -0.337 e. The predicted molar refractivity (Wildman–Crippen MR) is 74.1 cm³/mol. The number of hydrogen-bond donors (Lipinski definition) is 1. The maximum atomic E-state index is 5.35. The molecule has 0 unspecified atom stereocenters. The summed E-state index contributed by atoms with van der Waals surface area (Å²) in [5.74, 6) is 1.19. The molecule has 0 saturated heterocycles. The molecule has 0 saturated carbocycles. The first-order valence-electron chi connectivity index (χ1n) is 5.88. The molecule has 0 spiro atoms. The van der Waals surface area contributed by atoms with Gasteiger partial charge in [0.1, 0.15) is 0 Å². The van der Waals surface area contributed by atoms with Gasteiger partial charge in [-0.2, -0.15) is 4.98 Å². The van der Waals surface area contributed by atoms with Crippen LogP contribution in [0.1, 0.15) is 26.7 Å². The summed E-state index contributed by atoms with van der Waals surface area (Å²) in [6, 6.07) is 7.82. The van der Waals surface area contributed by atoms with Crippen LogP contribution in [0.2, 0.25) is 0 Å². The molecule has 18 heavy (non-hydrogen) atoms. The molecule has 96 valence electrons. The lowest BCUT2D eigenvalue weighted by atomic mass is 10.1. The zero-order valence-electron chi connectivity index (χ0n) is 10.7. The van der Waals surface area contributed by atoms with E-state index in [1.54, 1.807) is 0 Å². The largest absolute Gasteiger partial charge is 0.337 e. The molecule has 0 atom stereocenters. The molecule has 2 rings (SSSR count). The van der Waals surface area contributed by atoms with Crippen LogP contribution in [0, 0.1) is 0 Å². The van der Waals surface area contributed by atoms with Crippen LogP contribution in [0.15, 0.2) is 33.3 Å². The fourth-order valence-electron chi connectivity index (χ4n) is 1.75. The summed E-state index contributed by atoms with van der Waals surface area (Å²) in [5.41, 5.74) is 0.612. The van der Waals surface area contributed by atoms with Crippen molar-refractivity contribution in [3.05, 3.63) is 34.6 Å². The summed E-state index contributed by atoms with van der Waals surface area (Å²) in [6.45, 7) is 6.94. The lowest BCUT2D eigenvalue weighted by Gasteiger charge is -2.20. The second kappa shape index (κ2) is 5.20. The highest BCUT2D eigenvalue weighted by atomic mass is 79.9. The van der Waals surface area contributed by atoms with Crippen molar-refractivity contribution in [3.63, 3.8) is 0 Å². The quantitative estimate of drug-likeness (QED) is 0.941. The number of halogens is 1. The zero-order chi connectivity index (χ0) is 13.2. The van der Waals surface area contributed by atoms with Crippen molar-refractivity contribution >= 4 is 15.9 Å². The Bertz CT molecular complexity index is 537. The first-order chi connectivity index (χ1) is 8.54. The van der Waals surface area contributed by atoms with Gasteiger partial charge in [-0.1, -0.05) is 40.1 Å². The first-order valence-corrected chi connectivity index (χ1v) is 6.68. The van der Waals surface area contributed by atoms with E-state index in [4.69, 9.17) is 4.52 Å². The van der Waals surface area contributed by atoms with E-state index in [-0.39, 0.29) is 5.54 Å². The Hall–Kier alpha value is -1.20. The maximum Gasteiger partial charge on any atom is 0.246 e. The average molecular weight is 310 g/mol. The number of aromatic nitrogens is 2. The number of rotatable bonds is 4. The molecule has 0 aliphatic carbocycles. The third-order valence-corrected chi connectivity index (χ3v) is 3.39. The predicted octanol–water partition coefficient (Wildman–Crippen LogP) is 3.34. The zero-order valence-corrected chi connectivity index (χ0v) is 12.3. The molecule has 1 N–H and O–H groups in total. The fourth-order valence-corrected chi connectivity index (χ4v) is 2.21. The summed E-state index contributed by atoms with van der Waals surface area (Å²) in [6.07, 6.45) is 0. The standard InChI is InChI=1S/C13H16BrN3O/c1-4-15-13(2,3)12-16-11(17-18-12)9-7-5-6-8-10(9)14/h5-8,15H,4H2,1-3H3. The van der Waals surface area contributed by atoms with E-state index >= 15 is 0 Å². The highest BCUT2D eigenvalue weighted by molar-refractivity contribution is 9.10. The molecule has 1 heterocycles. The van der Waals surface area contributed by atoms with Crippen LogP contribution < -0.4 is 5.32 Å². The van der Waals surface area contributed by atoms with E-state index in [1.807, 2.05) is 45.0 Å². The molecule has 0 aliphatic rings. The molecule has 0 fully saturated rings. The molecule has 1 aromatic heterocycles. The highest BCUT2D eigenvalue weighted by Gasteiger charge is 2.26. The van der Waals surface area contributed by atoms with Crippen molar-refractivity contribution in [1.82, 2.24) is 15.5 Å². The summed E-state index contributed by atoms with van der Waals surface area (Å²) < 4.78 is 6.30. The minimum atomic E-state index is -0.318. The Labute approximate surface area is 115 Å². The second-order valence-corrected chi connectivity index (χ2v) is 5.41. The molecule has 0 aliphatic heterocycles. The Morgan fingerprint density at radius 2 is 2.06 bits per heavy atom. The number of nitrogens with zero attached hydrogens (tertiary/aromatic N) is 2. The van der Waals surface area contributed by atoms with Crippen molar-refractivity contribution in [2.45, 2.75) is 26.3 Å². The van der Waals surface area contributed by atoms with E-state index < -0.39 is 0 Å². The molecule has 2 aromatic rings. The van der Waals surface area contributed by atoms with Crippen molar-refractivity contribution in [3.8, 4) is 11.4 Å². The molecule has 0 radical (unpaired) electrons. The van der Waals surface area contributed by atoms with Gasteiger partial charge in [-0.25, -0.2) is 0 Å². The summed E-state index contributed by atoms with van der Waals surface area (Å²) in [4.78, 5) is 4.46. The van der Waals surface area contributed by atoms with E-state index in [0.717, 1.165) is 16.6 Å². The molecule has 5 heteroatoms. The monoisotopic (exact) mass is 309 g/mol. The number of hydrogen-bond acceptors (Lipinski definition) is 4. The Morgan fingerprint density at radius 3 is 2.72 bits per heavy atom. The third kappa shape index (κ3) is 2.62. The minimum absolute atomic E-state index is 0.318. The fraction of sp³-hybridized carbons (Fsp3) is 0.385. The molecule has 0 bridgehead atoms. The Balaban J connectivity index is 2.34. The van der Waals surface area contributed by atoms with Crippen LogP contribution in [-0.4, -0.2) is 16.7 Å². The van der Waals surface area contributed by atoms with Gasteiger partial charge in [-0.15, -0.1) is 0 Å². The second-order valence-electron chi connectivity index (χ2n) is 4.56. The number of nitrogens with one attached hydrogen (secondary N) is 1. The van der Waals surface area contributed by atoms with Gasteiger partial charge in [-0.3, -0.25) is 0 Å². The topological polar surface area (TPSA) is 51.0 Å². The van der Waals surface area contributed by atoms with Crippen LogP contribution in [0.25, 0.3) is 11.4 Å². The molecule has 0 amide bonds. The van der Waals surface area contributed by atoms with Crippen LogP contribution in [0.4, 0.5) is 0 Å². The van der Waals surface area contributed by atoms with Gasteiger partial charge in [0.25, 0.3) is 0 Å². The smallest absolute Gasteiger partial charge is 0.246 e. The van der Waals surface area contributed by atoms with Gasteiger partial charge in [-0.05, 0) is 32.5 Å². The lowest BCUT2D eigenvalue weighted by molar-refractivity contribution is 0.272. The van der Waals surface area contributed by atoms with Gasteiger partial charge in [0.15, 0.2) is 0 Å². The summed E-state index contributed by atoms with van der Waals surface area (Å²) in [7, 11) is 0. The van der Waals surface area contributed by atoms with Gasteiger partial charge in [0.2, 0.25) is 11.7 Å². The lowest BCUT2D eigenvalue weighted by Crippen LogP contribution is -2.36. The van der Waals surface area contributed by atoms with Crippen molar-refractivity contribution in [2.75, 3.05) is 6.54 Å². The van der Waals surface area contributed by atoms with Crippen molar-refractivity contribution in [1.29, 1.82) is 0 Å². The van der Waals surface area contributed by atoms with E-state index in [1.165, 1.54) is 0 Å². The van der Waals surface area contributed by atoms with E-state index in [2.05, 4.69) is 31.4 Å². The molecular formula is C13H16BrN3O. The molecule has 4 nitrogen and oxygen atoms in total. The van der Waals surface area contributed by atoms with Crippen LogP contribution in [0.5, 0.6) is 0 Å². The van der Waals surface area contributed by atoms with Gasteiger partial charge in [0.05, 0.1) is 5.54 Å². The Morgan fingerprint density at radius 1 is 1.33 bits per heavy atom. The van der Waals surface area contributed by atoms with Gasteiger partial charge >= 0.3 is 0 Å². The van der Waals surface area contributed by atoms with Crippen molar-refractivity contribution < 1.29 is 4.52 Å². The molecule has 1 aromatic carbocycles. The summed E-state index contributed by atoms with van der Waals surface area (Å²) >= 11 is 3.49.